The Kier molecular flexibility index (Phi) is 5.89. The van der Waals surface area contributed by atoms with Gasteiger partial charge in [0.25, 0.3) is 0 Å². The summed E-state index contributed by atoms with van der Waals surface area (Å²) < 4.78 is 2.12. The summed E-state index contributed by atoms with van der Waals surface area (Å²) in [4.78, 5) is 12.4. The van der Waals surface area contributed by atoms with Gasteiger partial charge in [-0.3, -0.25) is 9.48 Å². The van der Waals surface area contributed by atoms with Gasteiger partial charge in [-0.1, -0.05) is 60.7 Å². The van der Waals surface area contributed by atoms with E-state index in [1.807, 2.05) is 49.4 Å². The van der Waals surface area contributed by atoms with E-state index in [2.05, 4.69) is 34.3 Å². The molecule has 29 heavy (non-hydrogen) atoms. The summed E-state index contributed by atoms with van der Waals surface area (Å²) in [6.45, 7) is 2.77. The molecule has 4 rings (SSSR count). The number of carbonyl (C=O) groups excluding carboxylic acids is 1. The zero-order valence-electron chi connectivity index (χ0n) is 16.8. The second kappa shape index (κ2) is 8.91. The molecule has 0 saturated carbocycles. The SMILES string of the molecule is C[C@H](NC(=O)C=Cc1nn(Cc2ccccc2)c2c1CCCC2)c1ccccc1. The fraction of sp³-hybridized carbons (Fsp3) is 0.280. The first-order chi connectivity index (χ1) is 14.2. The lowest BCUT2D eigenvalue weighted by molar-refractivity contribution is -0.117. The number of benzene rings is 2. The van der Waals surface area contributed by atoms with Crippen molar-refractivity contribution in [2.75, 3.05) is 0 Å². The zero-order chi connectivity index (χ0) is 20.1. The third-order valence-electron chi connectivity index (χ3n) is 5.51. The molecule has 1 aliphatic rings. The van der Waals surface area contributed by atoms with Gasteiger partial charge in [0.2, 0.25) is 5.91 Å². The van der Waals surface area contributed by atoms with Crippen LogP contribution in [0.3, 0.4) is 0 Å². The van der Waals surface area contributed by atoms with Gasteiger partial charge in [0.05, 0.1) is 18.3 Å². The van der Waals surface area contributed by atoms with Gasteiger partial charge in [-0.25, -0.2) is 0 Å². The summed E-state index contributed by atoms with van der Waals surface area (Å²) in [5.74, 6) is -0.0940. The van der Waals surface area contributed by atoms with E-state index in [1.54, 1.807) is 6.08 Å². The molecule has 0 unspecified atom stereocenters. The molecule has 1 N–H and O–H groups in total. The summed E-state index contributed by atoms with van der Waals surface area (Å²) in [7, 11) is 0. The van der Waals surface area contributed by atoms with Gasteiger partial charge in [-0.15, -0.1) is 0 Å². The summed E-state index contributed by atoms with van der Waals surface area (Å²) in [6.07, 6.45) is 7.96. The van der Waals surface area contributed by atoms with E-state index >= 15 is 0 Å². The molecule has 1 amide bonds. The fourth-order valence-electron chi connectivity index (χ4n) is 3.96. The van der Waals surface area contributed by atoms with E-state index in [0.29, 0.717) is 0 Å². The Balaban J connectivity index is 1.50. The molecule has 1 aromatic heterocycles. The standard InChI is InChI=1S/C25H27N3O/c1-19(21-12-6-3-7-13-21)26-25(29)17-16-23-22-14-8-9-15-24(22)28(27-23)18-20-10-4-2-5-11-20/h2-7,10-13,16-17,19H,8-9,14-15,18H2,1H3,(H,26,29)/t19-/m0/s1. The van der Waals surface area contributed by atoms with Crippen molar-refractivity contribution in [2.24, 2.45) is 0 Å². The lowest BCUT2D eigenvalue weighted by Gasteiger charge is -2.14. The molecule has 1 atom stereocenters. The molecule has 0 spiro atoms. The maximum atomic E-state index is 12.4. The van der Waals surface area contributed by atoms with Gasteiger partial charge in [0, 0.05) is 17.3 Å². The van der Waals surface area contributed by atoms with E-state index in [9.17, 15) is 4.79 Å². The Morgan fingerprint density at radius 3 is 2.52 bits per heavy atom. The van der Waals surface area contributed by atoms with Gasteiger partial charge < -0.3 is 5.32 Å². The molecule has 0 bridgehead atoms. The molecule has 1 aliphatic carbocycles. The van der Waals surface area contributed by atoms with Crippen molar-refractivity contribution in [1.29, 1.82) is 0 Å². The third-order valence-corrected chi connectivity index (χ3v) is 5.51. The van der Waals surface area contributed by atoms with Crippen molar-refractivity contribution in [3.8, 4) is 0 Å². The van der Waals surface area contributed by atoms with Crippen LogP contribution in [0.2, 0.25) is 0 Å². The maximum Gasteiger partial charge on any atom is 0.244 e. The Hall–Kier alpha value is -3.14. The molecule has 148 valence electrons. The van der Waals surface area contributed by atoms with Gasteiger partial charge in [0.1, 0.15) is 0 Å². The van der Waals surface area contributed by atoms with Crippen molar-refractivity contribution in [2.45, 2.75) is 45.2 Å². The quantitative estimate of drug-likeness (QED) is 0.625. The van der Waals surface area contributed by atoms with Crippen LogP contribution in [-0.4, -0.2) is 15.7 Å². The van der Waals surface area contributed by atoms with Crippen LogP contribution < -0.4 is 5.32 Å². The van der Waals surface area contributed by atoms with E-state index in [4.69, 9.17) is 5.10 Å². The number of carbonyl (C=O) groups is 1. The van der Waals surface area contributed by atoms with Crippen molar-refractivity contribution in [3.05, 3.63) is 94.8 Å². The van der Waals surface area contributed by atoms with Gasteiger partial charge in [0.15, 0.2) is 0 Å². The molecule has 0 saturated heterocycles. The minimum Gasteiger partial charge on any atom is -0.346 e. The topological polar surface area (TPSA) is 46.9 Å². The lowest BCUT2D eigenvalue weighted by atomic mass is 9.95. The summed E-state index contributed by atoms with van der Waals surface area (Å²) in [5, 5.41) is 7.88. The average molecular weight is 386 g/mol. The predicted octanol–water partition coefficient (Wildman–Crippen LogP) is 4.70. The lowest BCUT2D eigenvalue weighted by Crippen LogP contribution is -2.24. The van der Waals surface area contributed by atoms with Crippen molar-refractivity contribution >= 4 is 12.0 Å². The Morgan fingerprint density at radius 1 is 1.07 bits per heavy atom. The minimum atomic E-state index is -0.0940. The number of rotatable bonds is 6. The van der Waals surface area contributed by atoms with Crippen molar-refractivity contribution in [3.63, 3.8) is 0 Å². The highest BCUT2D eigenvalue weighted by molar-refractivity contribution is 5.91. The Bertz CT molecular complexity index is 990. The highest BCUT2D eigenvalue weighted by atomic mass is 16.1. The Labute approximate surface area is 172 Å². The molecule has 4 nitrogen and oxygen atoms in total. The van der Waals surface area contributed by atoms with Crippen LogP contribution in [0.5, 0.6) is 0 Å². The average Bonchev–Trinajstić information content (AvgIpc) is 3.11. The van der Waals surface area contributed by atoms with Crippen LogP contribution in [0, 0.1) is 0 Å². The molecule has 4 heteroatoms. The summed E-state index contributed by atoms with van der Waals surface area (Å²) in [5.41, 5.74) is 5.88. The molecule has 1 heterocycles. The van der Waals surface area contributed by atoms with Crippen molar-refractivity contribution < 1.29 is 4.79 Å². The van der Waals surface area contributed by atoms with Crippen LogP contribution in [0.15, 0.2) is 66.7 Å². The van der Waals surface area contributed by atoms with E-state index in [-0.39, 0.29) is 11.9 Å². The largest absolute Gasteiger partial charge is 0.346 e. The Morgan fingerprint density at radius 2 is 1.76 bits per heavy atom. The first kappa shape index (κ1) is 19.2. The zero-order valence-corrected chi connectivity index (χ0v) is 16.8. The van der Waals surface area contributed by atoms with E-state index < -0.39 is 0 Å². The van der Waals surface area contributed by atoms with Crippen LogP contribution >= 0.6 is 0 Å². The second-order valence-corrected chi connectivity index (χ2v) is 7.64. The molecule has 0 aliphatic heterocycles. The summed E-state index contributed by atoms with van der Waals surface area (Å²) >= 11 is 0. The molecule has 2 aromatic carbocycles. The second-order valence-electron chi connectivity index (χ2n) is 7.64. The van der Waals surface area contributed by atoms with Crippen LogP contribution in [-0.2, 0) is 24.2 Å². The monoisotopic (exact) mass is 385 g/mol. The van der Waals surface area contributed by atoms with E-state index in [0.717, 1.165) is 30.6 Å². The van der Waals surface area contributed by atoms with Gasteiger partial charge in [-0.05, 0) is 49.8 Å². The molecular weight excluding hydrogens is 358 g/mol. The van der Waals surface area contributed by atoms with Crippen LogP contribution in [0.4, 0.5) is 0 Å². The number of aromatic nitrogens is 2. The predicted molar refractivity (Wildman–Crippen MR) is 116 cm³/mol. The first-order valence-electron chi connectivity index (χ1n) is 10.4. The van der Waals surface area contributed by atoms with Crippen LogP contribution in [0.1, 0.15) is 53.9 Å². The number of hydrogen-bond donors (Lipinski definition) is 1. The van der Waals surface area contributed by atoms with Crippen molar-refractivity contribution in [1.82, 2.24) is 15.1 Å². The van der Waals surface area contributed by atoms with E-state index in [1.165, 1.54) is 29.7 Å². The number of amides is 1. The van der Waals surface area contributed by atoms with Gasteiger partial charge in [-0.2, -0.15) is 5.10 Å². The smallest absolute Gasteiger partial charge is 0.244 e. The fourth-order valence-corrected chi connectivity index (χ4v) is 3.96. The number of nitrogens with zero attached hydrogens (tertiary/aromatic N) is 2. The number of hydrogen-bond acceptors (Lipinski definition) is 2. The highest BCUT2D eigenvalue weighted by Gasteiger charge is 2.19. The molecule has 0 fully saturated rings. The molecular formula is C25H27N3O. The normalized spacial score (nSPS) is 14.5. The van der Waals surface area contributed by atoms with Crippen LogP contribution in [0.25, 0.3) is 6.08 Å². The number of fused-ring (bicyclic) bond motifs is 1. The molecule has 0 radical (unpaired) electrons. The minimum absolute atomic E-state index is 0.0297. The maximum absolute atomic E-state index is 12.4. The number of nitrogens with one attached hydrogen (secondary N) is 1. The van der Waals surface area contributed by atoms with Gasteiger partial charge >= 0.3 is 0 Å². The molecule has 3 aromatic rings. The highest BCUT2D eigenvalue weighted by Crippen LogP contribution is 2.26. The summed E-state index contributed by atoms with van der Waals surface area (Å²) in [6, 6.07) is 20.4. The third kappa shape index (κ3) is 4.65. The first-order valence-corrected chi connectivity index (χ1v) is 10.4.